The lowest BCUT2D eigenvalue weighted by molar-refractivity contribution is 0.0247. The average Bonchev–Trinajstić information content (AvgIpc) is 3.09. The summed E-state index contributed by atoms with van der Waals surface area (Å²) in [5, 5.41) is 0. The second-order valence-corrected chi connectivity index (χ2v) is 9.34. The Morgan fingerprint density at radius 1 is 1.18 bits per heavy atom. The van der Waals surface area contributed by atoms with Crippen LogP contribution in [0.25, 0.3) is 0 Å². The summed E-state index contributed by atoms with van der Waals surface area (Å²) >= 11 is 0. The number of anilines is 1. The summed E-state index contributed by atoms with van der Waals surface area (Å²) in [7, 11) is 1.58. The number of methoxy groups -OCH3 is 1. The van der Waals surface area contributed by atoms with Gasteiger partial charge in [-0.2, -0.15) is 0 Å². The number of fused-ring (bicyclic) bond motifs is 1. The Hall–Kier alpha value is -3.36. The molecule has 1 saturated heterocycles. The van der Waals surface area contributed by atoms with Gasteiger partial charge in [0.1, 0.15) is 23.3 Å². The highest BCUT2D eigenvalue weighted by atomic mass is 16.6. The molecule has 0 radical (unpaired) electrons. The molecule has 2 amide bonds. The number of hydrogen-bond donors (Lipinski definition) is 0. The predicted molar refractivity (Wildman–Crippen MR) is 122 cm³/mol. The minimum absolute atomic E-state index is 0.0930. The molecule has 0 saturated carbocycles. The third-order valence-corrected chi connectivity index (χ3v) is 5.63. The number of pyridine rings is 2. The van der Waals surface area contributed by atoms with Gasteiger partial charge in [-0.25, -0.2) is 19.7 Å². The summed E-state index contributed by atoms with van der Waals surface area (Å²) < 4.78 is 16.5. The average molecular weight is 455 g/mol. The van der Waals surface area contributed by atoms with Gasteiger partial charge in [0.15, 0.2) is 0 Å². The number of carbonyl (C=O) groups excluding carboxylic acids is 2. The fraction of sp³-hybridized carbons (Fsp3) is 0.500. The molecule has 4 heterocycles. The Morgan fingerprint density at radius 2 is 1.91 bits per heavy atom. The van der Waals surface area contributed by atoms with Crippen LogP contribution in [0.2, 0.25) is 0 Å². The molecule has 2 aromatic rings. The van der Waals surface area contributed by atoms with E-state index in [1.165, 1.54) is 0 Å². The maximum absolute atomic E-state index is 12.8. The van der Waals surface area contributed by atoms with Crippen molar-refractivity contribution in [3.8, 4) is 11.6 Å². The number of amides is 2. The zero-order valence-corrected chi connectivity index (χ0v) is 19.8. The molecule has 1 fully saturated rings. The normalized spacial score (nSPS) is 16.6. The van der Waals surface area contributed by atoms with Gasteiger partial charge in [0, 0.05) is 32.0 Å². The number of ether oxygens (including phenoxy) is 3. The van der Waals surface area contributed by atoms with Crippen molar-refractivity contribution in [3.63, 3.8) is 0 Å². The molecule has 0 bridgehead atoms. The SMILES string of the molecule is COc1ccc(OC2CCN(c3nc4c(cc3C)C(=O)N(C(=O)OC(C)(C)C)C4)CC2)cn1. The summed E-state index contributed by atoms with van der Waals surface area (Å²) in [6.45, 7) is 8.96. The van der Waals surface area contributed by atoms with Crippen molar-refractivity contribution in [2.75, 3.05) is 25.1 Å². The van der Waals surface area contributed by atoms with Crippen molar-refractivity contribution in [2.24, 2.45) is 0 Å². The molecule has 9 heteroatoms. The van der Waals surface area contributed by atoms with E-state index in [-0.39, 0.29) is 18.6 Å². The Morgan fingerprint density at radius 3 is 2.52 bits per heavy atom. The smallest absolute Gasteiger partial charge is 0.417 e. The van der Waals surface area contributed by atoms with E-state index in [0.29, 0.717) is 17.1 Å². The molecular formula is C24H30N4O5. The number of nitrogens with zero attached hydrogens (tertiary/aromatic N) is 4. The summed E-state index contributed by atoms with van der Waals surface area (Å²) in [6.07, 6.45) is 2.80. The van der Waals surface area contributed by atoms with Crippen LogP contribution in [-0.2, 0) is 11.3 Å². The Bertz CT molecular complexity index is 1040. The molecule has 2 aliphatic heterocycles. The van der Waals surface area contributed by atoms with Crippen LogP contribution in [0.4, 0.5) is 10.6 Å². The van der Waals surface area contributed by atoms with Gasteiger partial charge in [0.2, 0.25) is 5.88 Å². The van der Waals surface area contributed by atoms with E-state index in [1.807, 2.05) is 19.1 Å². The van der Waals surface area contributed by atoms with Gasteiger partial charge in [-0.05, 0) is 45.4 Å². The molecule has 0 atom stereocenters. The fourth-order valence-corrected chi connectivity index (χ4v) is 4.03. The topological polar surface area (TPSA) is 94.1 Å². The third kappa shape index (κ3) is 5.02. The lowest BCUT2D eigenvalue weighted by Crippen LogP contribution is -2.39. The molecule has 9 nitrogen and oxygen atoms in total. The lowest BCUT2D eigenvalue weighted by Gasteiger charge is -2.33. The van der Waals surface area contributed by atoms with Crippen LogP contribution in [0.1, 0.15) is 55.2 Å². The number of piperidine rings is 1. The number of aromatic nitrogens is 2. The van der Waals surface area contributed by atoms with Crippen LogP contribution < -0.4 is 14.4 Å². The summed E-state index contributed by atoms with van der Waals surface area (Å²) in [5.74, 6) is 1.76. The van der Waals surface area contributed by atoms with Gasteiger partial charge in [-0.3, -0.25) is 4.79 Å². The van der Waals surface area contributed by atoms with Crippen molar-refractivity contribution < 1.29 is 23.8 Å². The van der Waals surface area contributed by atoms with E-state index >= 15 is 0 Å². The van der Waals surface area contributed by atoms with Gasteiger partial charge in [-0.1, -0.05) is 0 Å². The van der Waals surface area contributed by atoms with Gasteiger partial charge in [0.25, 0.3) is 5.91 Å². The Kier molecular flexibility index (Phi) is 6.14. The molecular weight excluding hydrogens is 424 g/mol. The van der Waals surface area contributed by atoms with E-state index in [1.54, 1.807) is 40.1 Å². The van der Waals surface area contributed by atoms with Crippen molar-refractivity contribution >= 4 is 17.8 Å². The quantitative estimate of drug-likeness (QED) is 0.690. The minimum atomic E-state index is -0.672. The molecule has 4 rings (SSSR count). The number of carbonyl (C=O) groups is 2. The first kappa shape index (κ1) is 22.8. The largest absolute Gasteiger partial charge is 0.489 e. The van der Waals surface area contributed by atoms with Crippen molar-refractivity contribution in [2.45, 2.75) is 58.8 Å². The Balaban J connectivity index is 1.41. The first-order valence-corrected chi connectivity index (χ1v) is 11.1. The third-order valence-electron chi connectivity index (χ3n) is 5.63. The van der Waals surface area contributed by atoms with Gasteiger partial charge in [-0.15, -0.1) is 0 Å². The molecule has 176 valence electrons. The maximum Gasteiger partial charge on any atom is 0.417 e. The molecule has 2 aliphatic rings. The zero-order chi connectivity index (χ0) is 23.8. The second kappa shape index (κ2) is 8.88. The highest BCUT2D eigenvalue weighted by molar-refractivity contribution is 6.06. The first-order valence-electron chi connectivity index (χ1n) is 11.1. The van der Waals surface area contributed by atoms with Crippen molar-refractivity contribution in [1.29, 1.82) is 0 Å². The van der Waals surface area contributed by atoms with Crippen molar-refractivity contribution in [3.05, 3.63) is 41.2 Å². The lowest BCUT2D eigenvalue weighted by atomic mass is 10.1. The maximum atomic E-state index is 12.8. The van der Waals surface area contributed by atoms with Crippen LogP contribution in [0.3, 0.4) is 0 Å². The monoisotopic (exact) mass is 454 g/mol. The van der Waals surface area contributed by atoms with Gasteiger partial charge >= 0.3 is 6.09 Å². The van der Waals surface area contributed by atoms with Crippen molar-refractivity contribution in [1.82, 2.24) is 14.9 Å². The molecule has 0 spiro atoms. The standard InChI is InChI=1S/C24H30N4O5/c1-15-12-18-19(14-28(22(18)29)23(30)33-24(2,3)4)26-21(15)27-10-8-16(9-11-27)32-17-6-7-20(31-5)25-13-17/h6-7,12-13,16H,8-11,14H2,1-5H3. The van der Waals surface area contributed by atoms with Crippen LogP contribution in [0, 0.1) is 6.92 Å². The van der Waals surface area contributed by atoms with E-state index < -0.39 is 11.7 Å². The second-order valence-electron chi connectivity index (χ2n) is 9.34. The van der Waals surface area contributed by atoms with E-state index in [9.17, 15) is 9.59 Å². The summed E-state index contributed by atoms with van der Waals surface area (Å²) in [5.41, 5.74) is 1.31. The van der Waals surface area contributed by atoms with Crippen LogP contribution in [0.15, 0.2) is 24.4 Å². The fourth-order valence-electron chi connectivity index (χ4n) is 4.03. The van der Waals surface area contributed by atoms with Crippen LogP contribution >= 0.6 is 0 Å². The summed E-state index contributed by atoms with van der Waals surface area (Å²) in [6, 6.07) is 5.47. The Labute approximate surface area is 193 Å². The zero-order valence-electron chi connectivity index (χ0n) is 19.8. The molecule has 0 N–H and O–H groups in total. The highest BCUT2D eigenvalue weighted by Gasteiger charge is 2.37. The molecule has 0 aromatic carbocycles. The van der Waals surface area contributed by atoms with E-state index in [4.69, 9.17) is 19.2 Å². The van der Waals surface area contributed by atoms with Crippen LogP contribution in [-0.4, -0.2) is 58.8 Å². The van der Waals surface area contributed by atoms with Gasteiger partial charge in [0.05, 0.1) is 31.1 Å². The first-order chi connectivity index (χ1) is 15.6. The van der Waals surface area contributed by atoms with Gasteiger partial charge < -0.3 is 19.1 Å². The number of hydrogen-bond acceptors (Lipinski definition) is 8. The van der Waals surface area contributed by atoms with E-state index in [0.717, 1.165) is 48.0 Å². The number of rotatable bonds is 4. The van der Waals surface area contributed by atoms with E-state index in [2.05, 4.69) is 9.88 Å². The minimum Gasteiger partial charge on any atom is -0.489 e. The molecule has 0 aliphatic carbocycles. The number of aryl methyl sites for hydroxylation is 1. The number of imide groups is 1. The molecule has 0 unspecified atom stereocenters. The van der Waals surface area contributed by atoms with Crippen LogP contribution in [0.5, 0.6) is 11.6 Å². The molecule has 2 aromatic heterocycles. The predicted octanol–water partition coefficient (Wildman–Crippen LogP) is 3.73. The molecule has 33 heavy (non-hydrogen) atoms. The summed E-state index contributed by atoms with van der Waals surface area (Å²) in [4.78, 5) is 37.5. The highest BCUT2D eigenvalue weighted by Crippen LogP contribution is 2.30.